The summed E-state index contributed by atoms with van der Waals surface area (Å²) < 4.78 is 0. The van der Waals surface area contributed by atoms with Gasteiger partial charge in [-0.25, -0.2) is 0 Å². The Bertz CT molecular complexity index is 715. The van der Waals surface area contributed by atoms with Gasteiger partial charge < -0.3 is 10.0 Å². The van der Waals surface area contributed by atoms with Gasteiger partial charge in [-0.05, 0) is 37.8 Å². The van der Waals surface area contributed by atoms with Crippen molar-refractivity contribution in [3.63, 3.8) is 0 Å². The van der Waals surface area contributed by atoms with Crippen LogP contribution >= 0.6 is 0 Å². The number of hydrogen-bond donors (Lipinski definition) is 1. The zero-order chi connectivity index (χ0) is 17.9. The fourth-order valence-electron chi connectivity index (χ4n) is 4.48. The molecule has 4 rings (SSSR count). The summed E-state index contributed by atoms with van der Waals surface area (Å²) in [6.45, 7) is 6.13. The van der Waals surface area contributed by atoms with Crippen molar-refractivity contribution >= 4 is 5.69 Å². The highest BCUT2D eigenvalue weighted by Gasteiger charge is 2.36. The van der Waals surface area contributed by atoms with Crippen LogP contribution in [0.25, 0.3) is 0 Å². The van der Waals surface area contributed by atoms with Gasteiger partial charge in [0.25, 0.3) is 0 Å². The molecule has 2 aromatic rings. The van der Waals surface area contributed by atoms with Crippen molar-refractivity contribution in [3.8, 4) is 0 Å². The molecule has 2 atom stereocenters. The average molecular weight is 352 g/mol. The molecule has 0 amide bonds. The summed E-state index contributed by atoms with van der Waals surface area (Å²) in [6.07, 6.45) is 8.13. The van der Waals surface area contributed by atoms with Crippen molar-refractivity contribution in [3.05, 3.63) is 54.1 Å². The summed E-state index contributed by atoms with van der Waals surface area (Å²) >= 11 is 0. The quantitative estimate of drug-likeness (QED) is 0.915. The van der Waals surface area contributed by atoms with Gasteiger partial charge in [0, 0.05) is 62.4 Å². The van der Waals surface area contributed by atoms with E-state index in [1.54, 1.807) is 12.4 Å². The predicted molar refractivity (Wildman–Crippen MR) is 103 cm³/mol. The van der Waals surface area contributed by atoms with Gasteiger partial charge >= 0.3 is 0 Å². The Labute approximate surface area is 155 Å². The first-order valence-corrected chi connectivity index (χ1v) is 9.68. The van der Waals surface area contributed by atoms with E-state index in [4.69, 9.17) is 0 Å². The van der Waals surface area contributed by atoms with Crippen LogP contribution in [-0.2, 0) is 6.42 Å². The summed E-state index contributed by atoms with van der Waals surface area (Å²) in [5.74, 6) is 0.265. The number of likely N-dealkylation sites (tertiary alicyclic amines) is 1. The molecule has 138 valence electrons. The number of aliphatic hydroxyl groups excluding tert-OH is 1. The van der Waals surface area contributed by atoms with Gasteiger partial charge in [-0.1, -0.05) is 18.2 Å². The molecule has 26 heavy (non-hydrogen) atoms. The number of piperidine rings is 1. The summed E-state index contributed by atoms with van der Waals surface area (Å²) in [7, 11) is 0. The SMILES string of the molecule is Cc1ccccc1N1CCC(N2C[C@@H](Cc3cnccn3)[C@H](O)C2)CC1. The summed E-state index contributed by atoms with van der Waals surface area (Å²) in [5.41, 5.74) is 3.70. The summed E-state index contributed by atoms with van der Waals surface area (Å²) in [4.78, 5) is 13.5. The van der Waals surface area contributed by atoms with Crippen molar-refractivity contribution in [1.29, 1.82) is 0 Å². The Balaban J connectivity index is 1.33. The highest BCUT2D eigenvalue weighted by molar-refractivity contribution is 5.53. The van der Waals surface area contributed by atoms with Crippen LogP contribution < -0.4 is 4.90 Å². The molecule has 5 heteroatoms. The fraction of sp³-hybridized carbons (Fsp3) is 0.524. The zero-order valence-corrected chi connectivity index (χ0v) is 15.5. The largest absolute Gasteiger partial charge is 0.391 e. The smallest absolute Gasteiger partial charge is 0.0711 e. The molecule has 1 N–H and O–H groups in total. The van der Waals surface area contributed by atoms with Crippen LogP contribution in [0.15, 0.2) is 42.9 Å². The van der Waals surface area contributed by atoms with E-state index < -0.39 is 0 Å². The number of hydrogen-bond acceptors (Lipinski definition) is 5. The van der Waals surface area contributed by atoms with Crippen molar-refractivity contribution in [2.45, 2.75) is 38.3 Å². The molecule has 0 radical (unpaired) electrons. The minimum atomic E-state index is -0.258. The van der Waals surface area contributed by atoms with Crippen LogP contribution in [0.1, 0.15) is 24.1 Å². The van der Waals surface area contributed by atoms with Gasteiger partial charge in [-0.2, -0.15) is 0 Å². The number of nitrogens with zero attached hydrogens (tertiary/aromatic N) is 4. The number of aromatic nitrogens is 2. The normalized spacial score (nSPS) is 24.9. The Hall–Kier alpha value is -1.98. The molecule has 1 aromatic heterocycles. The number of rotatable bonds is 4. The maximum Gasteiger partial charge on any atom is 0.0711 e. The van der Waals surface area contributed by atoms with Gasteiger partial charge in [0.05, 0.1) is 11.8 Å². The number of aryl methyl sites for hydroxylation is 1. The number of benzene rings is 1. The third-order valence-corrected chi connectivity index (χ3v) is 5.96. The second-order valence-corrected chi connectivity index (χ2v) is 7.69. The molecule has 0 bridgehead atoms. The molecule has 2 saturated heterocycles. The standard InChI is InChI=1S/C21H28N4O/c1-16-4-2-3-5-20(16)24-10-6-19(7-11-24)25-14-17(21(26)15-25)12-18-13-22-8-9-23-18/h2-5,8-9,13,17,19,21,26H,6-7,10-12,14-15H2,1H3/t17-,21-/m1/s1. The summed E-state index contributed by atoms with van der Waals surface area (Å²) in [5, 5.41) is 10.5. The lowest BCUT2D eigenvalue weighted by Crippen LogP contribution is -2.44. The molecule has 2 aliphatic heterocycles. The number of para-hydroxylation sites is 1. The fourth-order valence-corrected chi connectivity index (χ4v) is 4.48. The maximum absolute atomic E-state index is 10.5. The molecule has 5 nitrogen and oxygen atoms in total. The van der Waals surface area contributed by atoms with Crippen LogP contribution in [0.2, 0.25) is 0 Å². The van der Waals surface area contributed by atoms with Crippen molar-refractivity contribution in [2.24, 2.45) is 5.92 Å². The van der Waals surface area contributed by atoms with E-state index in [0.29, 0.717) is 6.04 Å². The van der Waals surface area contributed by atoms with Crippen molar-refractivity contribution in [2.75, 3.05) is 31.1 Å². The Morgan fingerprint density at radius 2 is 1.92 bits per heavy atom. The molecular weight excluding hydrogens is 324 g/mol. The number of aliphatic hydroxyl groups is 1. The van der Waals surface area contributed by atoms with Crippen LogP contribution in [0.4, 0.5) is 5.69 Å². The van der Waals surface area contributed by atoms with Gasteiger partial charge in [0.1, 0.15) is 0 Å². The third kappa shape index (κ3) is 3.74. The minimum Gasteiger partial charge on any atom is -0.391 e. The zero-order valence-electron chi connectivity index (χ0n) is 15.5. The van der Waals surface area contributed by atoms with Crippen LogP contribution in [0, 0.1) is 12.8 Å². The second kappa shape index (κ2) is 7.72. The number of anilines is 1. The minimum absolute atomic E-state index is 0.258. The molecule has 0 aliphatic carbocycles. The topological polar surface area (TPSA) is 52.5 Å². The molecule has 2 fully saturated rings. The van der Waals surface area contributed by atoms with Gasteiger partial charge in [0.2, 0.25) is 0 Å². The van der Waals surface area contributed by atoms with Crippen LogP contribution in [0.3, 0.4) is 0 Å². The van der Waals surface area contributed by atoms with Crippen molar-refractivity contribution < 1.29 is 5.11 Å². The van der Waals surface area contributed by atoms with Crippen LogP contribution in [0.5, 0.6) is 0 Å². The first kappa shape index (κ1) is 17.4. The Morgan fingerprint density at radius 1 is 1.12 bits per heavy atom. The van der Waals surface area contributed by atoms with Gasteiger partial charge in [-0.3, -0.25) is 14.9 Å². The van der Waals surface area contributed by atoms with Crippen LogP contribution in [-0.4, -0.2) is 58.3 Å². The maximum atomic E-state index is 10.5. The highest BCUT2D eigenvalue weighted by Crippen LogP contribution is 2.29. The predicted octanol–water partition coefficient (Wildman–Crippen LogP) is 2.29. The lowest BCUT2D eigenvalue weighted by molar-refractivity contribution is 0.131. The van der Waals surface area contributed by atoms with E-state index in [-0.39, 0.29) is 12.0 Å². The second-order valence-electron chi connectivity index (χ2n) is 7.69. The molecular formula is C21H28N4O. The summed E-state index contributed by atoms with van der Waals surface area (Å²) in [6, 6.07) is 9.23. The molecule has 2 aliphatic rings. The molecule has 0 unspecified atom stereocenters. The molecule has 1 aromatic carbocycles. The Kier molecular flexibility index (Phi) is 5.18. The third-order valence-electron chi connectivity index (χ3n) is 5.96. The first-order chi connectivity index (χ1) is 12.7. The van der Waals surface area contributed by atoms with E-state index in [9.17, 15) is 5.11 Å². The van der Waals surface area contributed by atoms with E-state index >= 15 is 0 Å². The monoisotopic (exact) mass is 352 g/mol. The van der Waals surface area contributed by atoms with E-state index in [2.05, 4.69) is 51.0 Å². The van der Waals surface area contributed by atoms with E-state index in [0.717, 1.165) is 38.3 Å². The van der Waals surface area contributed by atoms with Crippen molar-refractivity contribution in [1.82, 2.24) is 14.9 Å². The molecule has 0 saturated carbocycles. The Morgan fingerprint density at radius 3 is 2.65 bits per heavy atom. The molecule has 0 spiro atoms. The van der Waals surface area contributed by atoms with Gasteiger partial charge in [0.15, 0.2) is 0 Å². The van der Waals surface area contributed by atoms with Gasteiger partial charge in [-0.15, -0.1) is 0 Å². The number of β-amino-alcohol motifs (C(OH)–C–C–N with tert-alkyl or cyclic N) is 1. The van der Waals surface area contributed by atoms with E-state index in [1.807, 2.05) is 6.20 Å². The first-order valence-electron chi connectivity index (χ1n) is 9.68. The van der Waals surface area contributed by atoms with E-state index in [1.165, 1.54) is 24.1 Å². The molecule has 3 heterocycles. The average Bonchev–Trinajstić information content (AvgIpc) is 3.04. The highest BCUT2D eigenvalue weighted by atomic mass is 16.3. The lowest BCUT2D eigenvalue weighted by Gasteiger charge is -2.38. The lowest BCUT2D eigenvalue weighted by atomic mass is 10.00.